The lowest BCUT2D eigenvalue weighted by Crippen LogP contribution is -2.15. The maximum atomic E-state index is 10.7. The second-order valence-corrected chi connectivity index (χ2v) is 4.83. The molecule has 0 saturated carbocycles. The van der Waals surface area contributed by atoms with Gasteiger partial charge >= 0.3 is 0 Å². The quantitative estimate of drug-likeness (QED) is 0.810. The molecular formula is C15H20N4O2. The Bertz CT molecular complexity index is 622. The standard InChI is InChI=1S/C15H20N4O2/c1-11-12(10-19(2)18-11)9-17-13-5-3-4-6-14(13)21-8-7-15(16)20/h3-6,10,17H,7-9H2,1-2H3,(H2,16,20). The van der Waals surface area contributed by atoms with Crippen LogP contribution in [0.15, 0.2) is 30.5 Å². The molecule has 3 N–H and O–H groups in total. The number of amides is 1. The Morgan fingerprint density at radius 2 is 2.19 bits per heavy atom. The van der Waals surface area contributed by atoms with E-state index in [4.69, 9.17) is 10.5 Å². The fourth-order valence-electron chi connectivity index (χ4n) is 2.01. The lowest BCUT2D eigenvalue weighted by molar-refractivity contribution is -0.118. The van der Waals surface area contributed by atoms with Gasteiger partial charge in [-0.15, -0.1) is 0 Å². The van der Waals surface area contributed by atoms with Gasteiger partial charge in [-0.3, -0.25) is 9.48 Å². The molecule has 2 rings (SSSR count). The minimum Gasteiger partial charge on any atom is -0.491 e. The van der Waals surface area contributed by atoms with Crippen molar-refractivity contribution < 1.29 is 9.53 Å². The summed E-state index contributed by atoms with van der Waals surface area (Å²) in [6.07, 6.45) is 2.19. The summed E-state index contributed by atoms with van der Waals surface area (Å²) >= 11 is 0. The molecule has 1 amide bonds. The van der Waals surface area contributed by atoms with Crippen molar-refractivity contribution in [2.75, 3.05) is 11.9 Å². The SMILES string of the molecule is Cc1nn(C)cc1CNc1ccccc1OCCC(N)=O. The third-order valence-corrected chi connectivity index (χ3v) is 3.08. The van der Waals surface area contributed by atoms with Crippen LogP contribution in [0, 0.1) is 6.92 Å². The van der Waals surface area contributed by atoms with Gasteiger partial charge in [-0.05, 0) is 19.1 Å². The summed E-state index contributed by atoms with van der Waals surface area (Å²) in [5.41, 5.74) is 8.11. The van der Waals surface area contributed by atoms with Gasteiger partial charge in [0.05, 0.1) is 24.4 Å². The molecule has 2 aromatic rings. The normalized spacial score (nSPS) is 10.4. The number of benzene rings is 1. The molecule has 1 aromatic heterocycles. The van der Waals surface area contributed by atoms with E-state index in [0.29, 0.717) is 12.3 Å². The zero-order valence-corrected chi connectivity index (χ0v) is 12.3. The molecule has 0 fully saturated rings. The van der Waals surface area contributed by atoms with Gasteiger partial charge in [-0.25, -0.2) is 0 Å². The number of hydrogen-bond donors (Lipinski definition) is 2. The van der Waals surface area contributed by atoms with E-state index in [9.17, 15) is 4.79 Å². The third kappa shape index (κ3) is 4.24. The van der Waals surface area contributed by atoms with E-state index < -0.39 is 0 Å². The second kappa shape index (κ2) is 6.78. The Labute approximate surface area is 123 Å². The summed E-state index contributed by atoms with van der Waals surface area (Å²) in [7, 11) is 1.90. The predicted octanol–water partition coefficient (Wildman–Crippen LogP) is 1.59. The van der Waals surface area contributed by atoms with Gasteiger partial charge in [0, 0.05) is 25.4 Å². The van der Waals surface area contributed by atoms with E-state index in [1.165, 1.54) is 0 Å². The summed E-state index contributed by atoms with van der Waals surface area (Å²) < 4.78 is 7.38. The van der Waals surface area contributed by atoms with E-state index in [1.54, 1.807) is 4.68 Å². The van der Waals surface area contributed by atoms with Crippen molar-refractivity contribution in [1.29, 1.82) is 0 Å². The number of para-hydroxylation sites is 2. The number of nitrogens with one attached hydrogen (secondary N) is 1. The molecule has 112 valence electrons. The molecule has 0 spiro atoms. The topological polar surface area (TPSA) is 82.2 Å². The minimum absolute atomic E-state index is 0.204. The van der Waals surface area contributed by atoms with E-state index in [0.717, 1.165) is 16.9 Å². The molecule has 21 heavy (non-hydrogen) atoms. The van der Waals surface area contributed by atoms with Crippen molar-refractivity contribution >= 4 is 11.6 Å². The first-order valence-corrected chi connectivity index (χ1v) is 6.79. The zero-order valence-electron chi connectivity index (χ0n) is 12.3. The number of anilines is 1. The van der Waals surface area contributed by atoms with Crippen LogP contribution in [0.4, 0.5) is 5.69 Å². The van der Waals surface area contributed by atoms with Crippen LogP contribution >= 0.6 is 0 Å². The lowest BCUT2D eigenvalue weighted by Gasteiger charge is -2.12. The average molecular weight is 288 g/mol. The Morgan fingerprint density at radius 3 is 2.86 bits per heavy atom. The summed E-state index contributed by atoms with van der Waals surface area (Å²) in [6, 6.07) is 7.62. The molecule has 1 aromatic carbocycles. The molecule has 0 aliphatic carbocycles. The molecule has 0 bridgehead atoms. The molecule has 1 heterocycles. The molecule has 0 aliphatic heterocycles. The van der Waals surface area contributed by atoms with Gasteiger partial charge in [0.25, 0.3) is 0 Å². The molecule has 0 radical (unpaired) electrons. The molecular weight excluding hydrogens is 268 g/mol. The fourth-order valence-corrected chi connectivity index (χ4v) is 2.01. The number of carbonyl (C=O) groups excluding carboxylic acids is 1. The smallest absolute Gasteiger partial charge is 0.220 e. The largest absolute Gasteiger partial charge is 0.491 e. The highest BCUT2D eigenvalue weighted by atomic mass is 16.5. The number of aryl methyl sites for hydroxylation is 2. The number of carbonyl (C=O) groups is 1. The van der Waals surface area contributed by atoms with Crippen LogP contribution in [0.1, 0.15) is 17.7 Å². The van der Waals surface area contributed by atoms with Crippen molar-refractivity contribution in [3.63, 3.8) is 0 Å². The first-order chi connectivity index (χ1) is 10.1. The van der Waals surface area contributed by atoms with E-state index >= 15 is 0 Å². The van der Waals surface area contributed by atoms with Gasteiger partial charge < -0.3 is 15.8 Å². The van der Waals surface area contributed by atoms with Crippen LogP contribution in [0.2, 0.25) is 0 Å². The molecule has 0 atom stereocenters. The molecule has 6 heteroatoms. The van der Waals surface area contributed by atoms with Crippen molar-refractivity contribution in [3.05, 3.63) is 41.7 Å². The highest BCUT2D eigenvalue weighted by Gasteiger charge is 2.06. The van der Waals surface area contributed by atoms with Gasteiger partial charge in [0.1, 0.15) is 5.75 Å². The first-order valence-electron chi connectivity index (χ1n) is 6.79. The second-order valence-electron chi connectivity index (χ2n) is 4.83. The van der Waals surface area contributed by atoms with Crippen LogP contribution in [0.3, 0.4) is 0 Å². The van der Waals surface area contributed by atoms with Crippen LogP contribution < -0.4 is 15.8 Å². The number of aromatic nitrogens is 2. The van der Waals surface area contributed by atoms with Gasteiger partial charge in [-0.2, -0.15) is 5.10 Å². The number of hydrogen-bond acceptors (Lipinski definition) is 4. The maximum absolute atomic E-state index is 10.7. The number of primary amides is 1. The predicted molar refractivity (Wildman–Crippen MR) is 81.0 cm³/mol. The van der Waals surface area contributed by atoms with Crippen LogP contribution in [-0.2, 0) is 18.4 Å². The summed E-state index contributed by atoms with van der Waals surface area (Å²) in [5.74, 6) is 0.340. The Hall–Kier alpha value is -2.50. The Kier molecular flexibility index (Phi) is 4.81. The zero-order chi connectivity index (χ0) is 15.2. The highest BCUT2D eigenvalue weighted by Crippen LogP contribution is 2.24. The third-order valence-electron chi connectivity index (χ3n) is 3.08. The monoisotopic (exact) mass is 288 g/mol. The lowest BCUT2D eigenvalue weighted by atomic mass is 10.2. The minimum atomic E-state index is -0.369. The van der Waals surface area contributed by atoms with Gasteiger partial charge in [-0.1, -0.05) is 12.1 Å². The maximum Gasteiger partial charge on any atom is 0.220 e. The van der Waals surface area contributed by atoms with Gasteiger partial charge in [0.2, 0.25) is 5.91 Å². The number of nitrogens with two attached hydrogens (primary N) is 1. The number of ether oxygens (including phenoxy) is 1. The average Bonchev–Trinajstić information content (AvgIpc) is 2.75. The van der Waals surface area contributed by atoms with E-state index in [1.807, 2.05) is 44.4 Å². The summed E-state index contributed by atoms with van der Waals surface area (Å²) in [4.78, 5) is 10.7. The van der Waals surface area contributed by atoms with Crippen molar-refractivity contribution in [1.82, 2.24) is 9.78 Å². The van der Waals surface area contributed by atoms with E-state index in [2.05, 4.69) is 10.4 Å². The number of nitrogens with zero attached hydrogens (tertiary/aromatic N) is 2. The molecule has 0 saturated heterocycles. The highest BCUT2D eigenvalue weighted by molar-refractivity contribution is 5.73. The Balaban J connectivity index is 1.99. The molecule has 0 unspecified atom stereocenters. The van der Waals surface area contributed by atoms with Crippen LogP contribution in [0.5, 0.6) is 5.75 Å². The molecule has 0 aliphatic rings. The number of rotatable bonds is 7. The van der Waals surface area contributed by atoms with Crippen molar-refractivity contribution in [2.24, 2.45) is 12.8 Å². The van der Waals surface area contributed by atoms with Gasteiger partial charge in [0.15, 0.2) is 0 Å². The first kappa shape index (κ1) is 14.9. The van der Waals surface area contributed by atoms with E-state index in [-0.39, 0.29) is 18.9 Å². The van der Waals surface area contributed by atoms with Crippen LogP contribution in [-0.4, -0.2) is 22.3 Å². The van der Waals surface area contributed by atoms with Crippen LogP contribution in [0.25, 0.3) is 0 Å². The summed E-state index contributed by atoms with van der Waals surface area (Å²) in [6.45, 7) is 2.92. The van der Waals surface area contributed by atoms with Crippen molar-refractivity contribution in [2.45, 2.75) is 19.9 Å². The summed E-state index contributed by atoms with van der Waals surface area (Å²) in [5, 5.41) is 7.64. The van der Waals surface area contributed by atoms with Crippen molar-refractivity contribution in [3.8, 4) is 5.75 Å². The molecule has 6 nitrogen and oxygen atoms in total. The Morgan fingerprint density at radius 1 is 1.43 bits per heavy atom. The fraction of sp³-hybridized carbons (Fsp3) is 0.333.